The molecule has 0 bridgehead atoms. The zero-order valence-electron chi connectivity index (χ0n) is 14.4. The third-order valence-corrected chi connectivity index (χ3v) is 10.3. The standard InChI is InChI=1S/C17H26NSi2.2ClH.Zr/c1-19(2,16-10-5-6-11-16)15-9-14-18-20(3,4)17-12-7-8-13-17;;;/h5-10,12,15H,11,13-14H2,1-4H3;2*1H;/q-1;;;+3/p-2. The Morgan fingerprint density at radius 2 is 1.48 bits per heavy atom. The zero-order chi connectivity index (χ0) is 14.6. The van der Waals surface area contributed by atoms with Crippen LogP contribution >= 0.6 is 0 Å². The monoisotopic (exact) mass is 460 g/mol. The van der Waals surface area contributed by atoms with Crippen LogP contribution in [0.4, 0.5) is 0 Å². The fraction of sp³-hybridized carbons (Fsp3) is 0.412. The summed E-state index contributed by atoms with van der Waals surface area (Å²) in [7, 11) is -2.89. The second-order valence-corrected chi connectivity index (χ2v) is 15.2. The van der Waals surface area contributed by atoms with E-state index in [9.17, 15) is 0 Å². The first kappa shape index (κ1) is 25.8. The van der Waals surface area contributed by atoms with Gasteiger partial charge in [-0.1, -0.05) is 78.7 Å². The molecule has 1 nitrogen and oxygen atoms in total. The van der Waals surface area contributed by atoms with Gasteiger partial charge in [0.1, 0.15) is 0 Å². The molecule has 0 aromatic carbocycles. The molecule has 6 heteroatoms. The Labute approximate surface area is 175 Å². The van der Waals surface area contributed by atoms with Crippen molar-refractivity contribution in [3.05, 3.63) is 63.6 Å². The van der Waals surface area contributed by atoms with Crippen LogP contribution in [0.25, 0.3) is 4.98 Å². The van der Waals surface area contributed by atoms with Gasteiger partial charge < -0.3 is 29.8 Å². The average Bonchev–Trinajstić information content (AvgIpc) is 3.05. The van der Waals surface area contributed by atoms with Gasteiger partial charge in [-0.15, -0.1) is 12.6 Å². The normalized spacial score (nSPS) is 16.5. The first-order valence-electron chi connectivity index (χ1n) is 7.50. The van der Waals surface area contributed by atoms with Crippen molar-refractivity contribution in [3.63, 3.8) is 0 Å². The summed E-state index contributed by atoms with van der Waals surface area (Å²) in [5, 5.41) is 3.19. The number of halogens is 2. The van der Waals surface area contributed by atoms with Crippen molar-refractivity contribution < 1.29 is 51.0 Å². The molecule has 0 spiro atoms. The molecule has 2 rings (SSSR count). The Balaban J connectivity index is 0. The van der Waals surface area contributed by atoms with Crippen LogP contribution in [0.5, 0.6) is 0 Å². The van der Waals surface area contributed by atoms with Crippen molar-refractivity contribution in [1.29, 1.82) is 0 Å². The maximum Gasteiger partial charge on any atom is 3.00 e. The van der Waals surface area contributed by atoms with Crippen molar-refractivity contribution in [2.45, 2.75) is 39.0 Å². The smallest absolute Gasteiger partial charge is 1.00 e. The summed E-state index contributed by atoms with van der Waals surface area (Å²) >= 11 is 0. The second kappa shape index (κ2) is 11.2. The van der Waals surface area contributed by atoms with Crippen LogP contribution in [-0.2, 0) is 26.2 Å². The molecular weight excluding hydrogens is 436 g/mol. The van der Waals surface area contributed by atoms with Crippen LogP contribution in [0.3, 0.4) is 0 Å². The molecule has 0 atom stereocenters. The summed E-state index contributed by atoms with van der Waals surface area (Å²) < 4.78 is 0. The Morgan fingerprint density at radius 1 is 0.957 bits per heavy atom. The van der Waals surface area contributed by atoms with Crippen molar-refractivity contribution in [3.8, 4) is 0 Å². The molecule has 2 aliphatic rings. The van der Waals surface area contributed by atoms with E-state index < -0.39 is 16.3 Å². The molecule has 125 valence electrons. The van der Waals surface area contributed by atoms with Gasteiger partial charge in [0.15, 0.2) is 0 Å². The molecule has 0 saturated heterocycles. The molecule has 0 aliphatic heterocycles. The maximum absolute atomic E-state index is 5.00. The van der Waals surface area contributed by atoms with E-state index in [0.717, 1.165) is 19.4 Å². The van der Waals surface area contributed by atoms with Gasteiger partial charge in [-0.3, -0.25) is 0 Å². The fourth-order valence-corrected chi connectivity index (χ4v) is 6.63. The summed E-state index contributed by atoms with van der Waals surface area (Å²) in [5.41, 5.74) is 2.46. The molecule has 1 radical (unpaired) electrons. The van der Waals surface area contributed by atoms with Gasteiger partial charge in [-0.25, -0.2) is 0 Å². The summed E-state index contributed by atoms with van der Waals surface area (Å²) in [4.78, 5) is 5.00. The topological polar surface area (TPSA) is 14.1 Å². The predicted octanol–water partition coefficient (Wildman–Crippen LogP) is -0.774. The fourth-order valence-electron chi connectivity index (χ4n) is 2.66. The molecule has 2 aliphatic carbocycles. The molecule has 0 saturated carbocycles. The molecule has 0 aromatic rings. The SMILES string of the molecule is C[Si](C)(C=CC[N-][Si](C)(C)C1=CC=CC1)C1=CC=CC1.[Cl-].[Cl-].[Zr+3]. The maximum atomic E-state index is 5.00. The Kier molecular flexibility index (Phi) is 12.6. The second-order valence-electron chi connectivity index (χ2n) is 6.67. The molecule has 0 unspecified atom stereocenters. The van der Waals surface area contributed by atoms with E-state index in [1.807, 2.05) is 0 Å². The van der Waals surface area contributed by atoms with Gasteiger partial charge in [-0.2, -0.15) is 0 Å². The molecule has 23 heavy (non-hydrogen) atoms. The van der Waals surface area contributed by atoms with Crippen molar-refractivity contribution in [1.82, 2.24) is 0 Å². The van der Waals surface area contributed by atoms with E-state index in [0.29, 0.717) is 0 Å². The van der Waals surface area contributed by atoms with Gasteiger partial charge in [0.05, 0.1) is 8.07 Å². The van der Waals surface area contributed by atoms with Gasteiger partial charge in [-0.05, 0) is 21.1 Å². The van der Waals surface area contributed by atoms with E-state index >= 15 is 0 Å². The van der Waals surface area contributed by atoms with Crippen LogP contribution in [0.15, 0.2) is 58.6 Å². The van der Waals surface area contributed by atoms with Gasteiger partial charge >= 0.3 is 26.2 Å². The van der Waals surface area contributed by atoms with Gasteiger partial charge in [0, 0.05) is 0 Å². The minimum atomic E-state index is -1.54. The molecule has 0 N–H and O–H groups in total. The molecule has 0 aromatic heterocycles. The van der Waals surface area contributed by atoms with Crippen molar-refractivity contribution in [2.24, 2.45) is 0 Å². The minimum absolute atomic E-state index is 0. The van der Waals surface area contributed by atoms with Crippen LogP contribution in [0.1, 0.15) is 12.8 Å². The number of hydrogen-bond acceptors (Lipinski definition) is 0. The zero-order valence-corrected chi connectivity index (χ0v) is 20.4. The van der Waals surface area contributed by atoms with Crippen molar-refractivity contribution >= 4 is 16.3 Å². The summed E-state index contributed by atoms with van der Waals surface area (Å²) in [5.74, 6) is 0. The van der Waals surface area contributed by atoms with E-state index in [-0.39, 0.29) is 51.0 Å². The largest absolute Gasteiger partial charge is 3.00 e. The average molecular weight is 463 g/mol. The summed E-state index contributed by atoms with van der Waals surface area (Å²) in [6.45, 7) is 10.4. The van der Waals surface area contributed by atoms with Crippen LogP contribution in [0, 0.1) is 0 Å². The molecular formula is C17H26Cl2NSi2Zr. The Bertz CT molecular complexity index is 521. The summed E-state index contributed by atoms with van der Waals surface area (Å²) in [6.07, 6.45) is 18.0. The third kappa shape index (κ3) is 7.54. The Hall–Kier alpha value is 0.557. The van der Waals surface area contributed by atoms with Crippen LogP contribution < -0.4 is 24.8 Å². The third-order valence-electron chi connectivity index (χ3n) is 4.28. The first-order chi connectivity index (χ1) is 9.42. The quantitative estimate of drug-likeness (QED) is 0.460. The minimum Gasteiger partial charge on any atom is -1.00 e. The van der Waals surface area contributed by atoms with Gasteiger partial charge in [0.2, 0.25) is 0 Å². The first-order valence-corrected chi connectivity index (χ1v) is 13.5. The number of hydrogen-bond donors (Lipinski definition) is 0. The van der Waals surface area contributed by atoms with E-state index in [1.165, 1.54) is 0 Å². The van der Waals surface area contributed by atoms with Crippen LogP contribution in [-0.4, -0.2) is 22.9 Å². The van der Waals surface area contributed by atoms with Crippen LogP contribution in [0.2, 0.25) is 26.2 Å². The molecule has 0 amide bonds. The molecule has 0 fully saturated rings. The Morgan fingerprint density at radius 3 is 1.96 bits per heavy atom. The number of nitrogens with zero attached hydrogens (tertiary/aromatic N) is 1. The van der Waals surface area contributed by atoms with Crippen molar-refractivity contribution in [2.75, 3.05) is 6.54 Å². The number of rotatable bonds is 6. The van der Waals surface area contributed by atoms with Gasteiger partial charge in [0.25, 0.3) is 0 Å². The predicted molar refractivity (Wildman–Crippen MR) is 96.0 cm³/mol. The van der Waals surface area contributed by atoms with E-state index in [2.05, 4.69) is 74.4 Å². The molecule has 0 heterocycles. The summed E-state index contributed by atoms with van der Waals surface area (Å²) in [6, 6.07) is 0. The van der Waals surface area contributed by atoms with E-state index in [4.69, 9.17) is 4.98 Å². The number of allylic oxidation sites excluding steroid dienone is 8. The van der Waals surface area contributed by atoms with E-state index in [1.54, 1.807) is 10.4 Å².